The van der Waals surface area contributed by atoms with E-state index in [0.29, 0.717) is 0 Å². The number of hydrogen-bond acceptors (Lipinski definition) is 0. The Morgan fingerprint density at radius 2 is 2.00 bits per heavy atom. The quantitative estimate of drug-likeness (QED) is 0.622. The van der Waals surface area contributed by atoms with Gasteiger partial charge in [-0.3, -0.25) is 0 Å². The van der Waals surface area contributed by atoms with Crippen LogP contribution in [0.5, 0.6) is 0 Å². The van der Waals surface area contributed by atoms with E-state index in [-0.39, 0.29) is 0 Å². The third-order valence-electron chi connectivity index (χ3n) is 3.36. The number of benzene rings is 1. The van der Waals surface area contributed by atoms with Crippen molar-refractivity contribution in [3.05, 3.63) is 48.6 Å². The van der Waals surface area contributed by atoms with Gasteiger partial charge in [-0.25, -0.2) is 0 Å². The Morgan fingerprint density at radius 3 is 2.71 bits per heavy atom. The number of hydrogen-bond donors (Lipinski definition) is 0. The van der Waals surface area contributed by atoms with E-state index in [1.54, 1.807) is 0 Å². The smallest absolute Gasteiger partial charge is 0.0131 e. The summed E-state index contributed by atoms with van der Waals surface area (Å²) in [6, 6.07) is 10.9. The first kappa shape index (κ1) is 9.51. The summed E-state index contributed by atoms with van der Waals surface area (Å²) >= 11 is 0. The Hall–Kier alpha value is -1.04. The van der Waals surface area contributed by atoms with Crippen molar-refractivity contribution in [1.29, 1.82) is 0 Å². The highest BCUT2D eigenvalue weighted by Crippen LogP contribution is 2.41. The third kappa shape index (κ3) is 1.89. The van der Waals surface area contributed by atoms with Gasteiger partial charge in [0, 0.05) is 0 Å². The molecule has 0 amide bonds. The summed E-state index contributed by atoms with van der Waals surface area (Å²) in [4.78, 5) is 0. The highest BCUT2D eigenvalue weighted by atomic mass is 14.3. The fourth-order valence-corrected chi connectivity index (χ4v) is 2.67. The maximum absolute atomic E-state index is 3.85. The molecule has 1 fully saturated rings. The zero-order valence-corrected chi connectivity index (χ0v) is 8.65. The fourth-order valence-electron chi connectivity index (χ4n) is 2.67. The van der Waals surface area contributed by atoms with Crippen molar-refractivity contribution in [3.8, 4) is 0 Å². The summed E-state index contributed by atoms with van der Waals surface area (Å²) in [5.41, 5.74) is 1.52. The minimum atomic E-state index is 0.786. The van der Waals surface area contributed by atoms with Crippen molar-refractivity contribution in [1.82, 2.24) is 0 Å². The Bertz CT molecular complexity index is 286. The molecular formula is C14H18. The summed E-state index contributed by atoms with van der Waals surface area (Å²) in [6.07, 6.45) is 7.39. The van der Waals surface area contributed by atoms with Gasteiger partial charge < -0.3 is 0 Å². The molecule has 1 aliphatic rings. The lowest BCUT2D eigenvalue weighted by Crippen LogP contribution is -2.04. The average molecular weight is 186 g/mol. The number of allylic oxidation sites excluding steroid dienone is 1. The van der Waals surface area contributed by atoms with Crippen LogP contribution in [-0.2, 0) is 0 Å². The summed E-state index contributed by atoms with van der Waals surface area (Å²) in [5.74, 6) is 1.63. The molecule has 14 heavy (non-hydrogen) atoms. The van der Waals surface area contributed by atoms with E-state index in [9.17, 15) is 0 Å². The van der Waals surface area contributed by atoms with E-state index in [2.05, 4.69) is 43.0 Å². The molecule has 1 aliphatic carbocycles. The molecule has 0 bridgehead atoms. The van der Waals surface area contributed by atoms with Crippen molar-refractivity contribution in [2.45, 2.75) is 31.6 Å². The highest BCUT2D eigenvalue weighted by Gasteiger charge is 2.26. The second kappa shape index (κ2) is 4.45. The molecular weight excluding hydrogens is 168 g/mol. The molecule has 0 heteroatoms. The van der Waals surface area contributed by atoms with Crippen molar-refractivity contribution in [2.24, 2.45) is 5.92 Å². The van der Waals surface area contributed by atoms with Crippen LogP contribution in [0.4, 0.5) is 0 Å². The van der Waals surface area contributed by atoms with Crippen LogP contribution in [-0.4, -0.2) is 0 Å². The molecule has 0 heterocycles. The van der Waals surface area contributed by atoms with E-state index in [0.717, 1.165) is 11.8 Å². The Morgan fingerprint density at radius 1 is 1.21 bits per heavy atom. The molecule has 1 aromatic rings. The first-order chi connectivity index (χ1) is 6.92. The Labute approximate surface area is 86.7 Å². The van der Waals surface area contributed by atoms with E-state index in [1.165, 1.54) is 31.2 Å². The average Bonchev–Trinajstić information content (AvgIpc) is 2.68. The van der Waals surface area contributed by atoms with Crippen LogP contribution in [0.2, 0.25) is 0 Å². The molecule has 2 rings (SSSR count). The summed E-state index contributed by atoms with van der Waals surface area (Å²) in [7, 11) is 0. The van der Waals surface area contributed by atoms with Gasteiger partial charge in [0.1, 0.15) is 0 Å². The molecule has 74 valence electrons. The van der Waals surface area contributed by atoms with Gasteiger partial charge in [-0.2, -0.15) is 0 Å². The van der Waals surface area contributed by atoms with Gasteiger partial charge in [-0.05, 0) is 36.7 Å². The van der Waals surface area contributed by atoms with Gasteiger partial charge in [0.2, 0.25) is 0 Å². The minimum Gasteiger partial charge on any atom is -0.103 e. The maximum Gasteiger partial charge on any atom is -0.0131 e. The summed E-state index contributed by atoms with van der Waals surface area (Å²) in [6.45, 7) is 3.85. The van der Waals surface area contributed by atoms with Crippen LogP contribution in [0, 0.1) is 5.92 Å². The predicted octanol–water partition coefficient (Wildman–Crippen LogP) is 4.15. The lowest BCUT2D eigenvalue weighted by molar-refractivity contribution is 0.491. The van der Waals surface area contributed by atoms with Gasteiger partial charge >= 0.3 is 0 Å². The molecule has 0 nitrogen and oxygen atoms in total. The standard InChI is InChI=1S/C14H18/c1-2-7-12-10-6-11-14(12)13-8-4-3-5-9-13/h2-5,8-9,12,14H,1,6-7,10-11H2/t12-,14-/m1/s1. The molecule has 2 atom stereocenters. The van der Waals surface area contributed by atoms with Crippen LogP contribution in [0.25, 0.3) is 0 Å². The normalized spacial score (nSPS) is 26.3. The molecule has 1 aromatic carbocycles. The zero-order chi connectivity index (χ0) is 9.80. The molecule has 1 saturated carbocycles. The fraction of sp³-hybridized carbons (Fsp3) is 0.429. The van der Waals surface area contributed by atoms with Gasteiger partial charge in [-0.1, -0.05) is 42.8 Å². The molecule has 0 saturated heterocycles. The first-order valence-electron chi connectivity index (χ1n) is 5.57. The minimum absolute atomic E-state index is 0.786. The van der Waals surface area contributed by atoms with Crippen LogP contribution >= 0.6 is 0 Å². The van der Waals surface area contributed by atoms with E-state index in [4.69, 9.17) is 0 Å². The van der Waals surface area contributed by atoms with Crippen LogP contribution in [0.3, 0.4) is 0 Å². The van der Waals surface area contributed by atoms with Crippen LogP contribution in [0.15, 0.2) is 43.0 Å². The molecule has 0 spiro atoms. The topological polar surface area (TPSA) is 0 Å². The zero-order valence-electron chi connectivity index (χ0n) is 8.65. The molecule has 0 radical (unpaired) electrons. The monoisotopic (exact) mass is 186 g/mol. The van der Waals surface area contributed by atoms with E-state index < -0.39 is 0 Å². The molecule has 0 aliphatic heterocycles. The van der Waals surface area contributed by atoms with Crippen LogP contribution < -0.4 is 0 Å². The van der Waals surface area contributed by atoms with E-state index >= 15 is 0 Å². The van der Waals surface area contributed by atoms with E-state index in [1.807, 2.05) is 0 Å². The van der Waals surface area contributed by atoms with Gasteiger partial charge in [0.15, 0.2) is 0 Å². The number of rotatable bonds is 3. The van der Waals surface area contributed by atoms with Crippen molar-refractivity contribution < 1.29 is 0 Å². The SMILES string of the molecule is C=CC[C@@H]1CCC[C@H]1c1ccccc1. The third-order valence-corrected chi connectivity index (χ3v) is 3.36. The van der Waals surface area contributed by atoms with Crippen LogP contribution in [0.1, 0.15) is 37.2 Å². The van der Waals surface area contributed by atoms with Gasteiger partial charge in [0.25, 0.3) is 0 Å². The second-order valence-electron chi connectivity index (χ2n) is 4.23. The highest BCUT2D eigenvalue weighted by molar-refractivity contribution is 5.21. The first-order valence-corrected chi connectivity index (χ1v) is 5.57. The Kier molecular flexibility index (Phi) is 3.03. The summed E-state index contributed by atoms with van der Waals surface area (Å²) < 4.78 is 0. The largest absolute Gasteiger partial charge is 0.103 e. The maximum atomic E-state index is 3.85. The summed E-state index contributed by atoms with van der Waals surface area (Å²) in [5, 5.41) is 0. The van der Waals surface area contributed by atoms with Gasteiger partial charge in [0.05, 0.1) is 0 Å². The lowest BCUT2D eigenvalue weighted by Gasteiger charge is -2.18. The van der Waals surface area contributed by atoms with Crippen molar-refractivity contribution in [3.63, 3.8) is 0 Å². The molecule has 0 N–H and O–H groups in total. The molecule has 0 unspecified atom stereocenters. The predicted molar refractivity (Wildman–Crippen MR) is 61.3 cm³/mol. The van der Waals surface area contributed by atoms with Crippen molar-refractivity contribution in [2.75, 3.05) is 0 Å². The Balaban J connectivity index is 2.13. The molecule has 0 aromatic heterocycles. The lowest BCUT2D eigenvalue weighted by atomic mass is 9.87. The van der Waals surface area contributed by atoms with Gasteiger partial charge in [-0.15, -0.1) is 6.58 Å². The second-order valence-corrected chi connectivity index (χ2v) is 4.23. The van der Waals surface area contributed by atoms with Crippen molar-refractivity contribution >= 4 is 0 Å².